The number of anilines is 1. The molecule has 0 aliphatic carbocycles. The van der Waals surface area contributed by atoms with Gasteiger partial charge in [0, 0.05) is 43.7 Å². The Labute approximate surface area is 163 Å². The number of aromatic nitrogens is 4. The molecule has 0 amide bonds. The second-order valence-corrected chi connectivity index (χ2v) is 7.69. The number of rotatable bonds is 3. The Kier molecular flexibility index (Phi) is 4.11. The van der Waals surface area contributed by atoms with Crippen LogP contribution in [0.15, 0.2) is 18.3 Å². The van der Waals surface area contributed by atoms with Crippen molar-refractivity contribution in [2.45, 2.75) is 32.0 Å². The molecule has 5 rings (SSSR count). The summed E-state index contributed by atoms with van der Waals surface area (Å²) in [7, 11) is 0. The zero-order valence-corrected chi connectivity index (χ0v) is 16.2. The van der Waals surface area contributed by atoms with Crippen LogP contribution in [0.1, 0.15) is 25.1 Å². The fourth-order valence-electron chi connectivity index (χ4n) is 4.54. The Morgan fingerprint density at radius 2 is 2.32 bits per heavy atom. The fourth-order valence-corrected chi connectivity index (χ4v) is 4.54. The molecule has 0 spiro atoms. The van der Waals surface area contributed by atoms with Crippen molar-refractivity contribution >= 4 is 17.2 Å². The number of aromatic amines is 1. The van der Waals surface area contributed by atoms with Gasteiger partial charge in [-0.25, -0.2) is 0 Å². The van der Waals surface area contributed by atoms with Crippen LogP contribution in [0.3, 0.4) is 0 Å². The zero-order chi connectivity index (χ0) is 19.3. The van der Waals surface area contributed by atoms with Gasteiger partial charge in [-0.3, -0.25) is 14.8 Å². The van der Waals surface area contributed by atoms with Crippen LogP contribution in [-0.4, -0.2) is 75.2 Å². The molecule has 3 aliphatic rings. The number of morpholine rings is 1. The molecule has 28 heavy (non-hydrogen) atoms. The van der Waals surface area contributed by atoms with E-state index >= 15 is 0 Å². The van der Waals surface area contributed by atoms with Crippen LogP contribution in [0.5, 0.6) is 0 Å². The van der Waals surface area contributed by atoms with Crippen LogP contribution in [0.4, 0.5) is 5.82 Å². The average Bonchev–Trinajstić information content (AvgIpc) is 3.28. The number of carbonyl (C=O) groups excluding carboxylic acids is 1. The number of nitrogens with zero attached hydrogens (tertiary/aromatic N) is 4. The van der Waals surface area contributed by atoms with Gasteiger partial charge < -0.3 is 15.4 Å². The first-order chi connectivity index (χ1) is 13.6. The van der Waals surface area contributed by atoms with E-state index in [9.17, 15) is 4.79 Å². The normalized spacial score (nSPS) is 27.5. The molecular formula is C19H25N7O2. The summed E-state index contributed by atoms with van der Waals surface area (Å²) in [6.07, 6.45) is 4.64. The Hall–Kier alpha value is -2.49. The second-order valence-electron chi connectivity index (χ2n) is 7.69. The minimum atomic E-state index is -0.924. The molecule has 1 fully saturated rings. The lowest BCUT2D eigenvalue weighted by molar-refractivity contribution is -0.130. The third-order valence-corrected chi connectivity index (χ3v) is 5.90. The molecule has 0 aromatic carbocycles. The van der Waals surface area contributed by atoms with Crippen molar-refractivity contribution in [3.8, 4) is 5.82 Å². The van der Waals surface area contributed by atoms with E-state index in [2.05, 4.69) is 38.7 Å². The molecule has 2 atom stereocenters. The van der Waals surface area contributed by atoms with E-state index in [0.717, 1.165) is 41.4 Å². The van der Waals surface area contributed by atoms with Gasteiger partial charge in [-0.2, -0.15) is 14.9 Å². The molecule has 2 aromatic heterocycles. The van der Waals surface area contributed by atoms with E-state index in [1.807, 2.05) is 10.7 Å². The minimum Gasteiger partial charge on any atom is -0.379 e. The average molecular weight is 383 g/mol. The van der Waals surface area contributed by atoms with Gasteiger partial charge in [0.05, 0.1) is 25.1 Å². The van der Waals surface area contributed by atoms with Crippen molar-refractivity contribution in [1.29, 1.82) is 0 Å². The fraction of sp³-hybridized carbons (Fsp3) is 0.526. The molecule has 0 saturated carbocycles. The van der Waals surface area contributed by atoms with Crippen LogP contribution in [0.25, 0.3) is 11.4 Å². The predicted molar refractivity (Wildman–Crippen MR) is 104 cm³/mol. The molecule has 9 heteroatoms. The first-order valence-corrected chi connectivity index (χ1v) is 9.78. The molecule has 148 valence electrons. The molecule has 1 unspecified atom stereocenters. The highest BCUT2D eigenvalue weighted by Gasteiger charge is 2.47. The molecule has 0 radical (unpaired) electrons. The SMILES string of the molecule is CC(=O)[C@@]1(N2CCOCC2C)C=C2CNCCc3nn(-c4ccn[nH]4)c(c32)N1. The van der Waals surface area contributed by atoms with E-state index in [1.165, 1.54) is 0 Å². The Morgan fingerprint density at radius 3 is 3.07 bits per heavy atom. The summed E-state index contributed by atoms with van der Waals surface area (Å²) in [6.45, 7) is 7.22. The number of H-pyrrole nitrogens is 1. The van der Waals surface area contributed by atoms with Gasteiger partial charge in [-0.15, -0.1) is 0 Å². The molecular weight excluding hydrogens is 358 g/mol. The monoisotopic (exact) mass is 383 g/mol. The van der Waals surface area contributed by atoms with Crippen LogP contribution < -0.4 is 10.6 Å². The van der Waals surface area contributed by atoms with Crippen molar-refractivity contribution in [2.75, 3.05) is 38.2 Å². The van der Waals surface area contributed by atoms with E-state index in [4.69, 9.17) is 9.84 Å². The molecule has 9 nitrogen and oxygen atoms in total. The van der Waals surface area contributed by atoms with Gasteiger partial charge in [0.25, 0.3) is 0 Å². The van der Waals surface area contributed by atoms with Crippen LogP contribution in [0.2, 0.25) is 0 Å². The van der Waals surface area contributed by atoms with Gasteiger partial charge in [0.15, 0.2) is 17.3 Å². The van der Waals surface area contributed by atoms with Crippen molar-refractivity contribution in [3.63, 3.8) is 0 Å². The number of carbonyl (C=O) groups is 1. The van der Waals surface area contributed by atoms with Crippen LogP contribution in [-0.2, 0) is 16.0 Å². The highest BCUT2D eigenvalue weighted by atomic mass is 16.5. The quantitative estimate of drug-likeness (QED) is 0.712. The lowest BCUT2D eigenvalue weighted by atomic mass is 9.90. The minimum absolute atomic E-state index is 0.0579. The lowest BCUT2D eigenvalue weighted by Crippen LogP contribution is -2.65. The topological polar surface area (TPSA) is 100 Å². The molecule has 1 saturated heterocycles. The van der Waals surface area contributed by atoms with Gasteiger partial charge in [0.2, 0.25) is 0 Å². The Morgan fingerprint density at radius 1 is 1.43 bits per heavy atom. The van der Waals surface area contributed by atoms with E-state index in [1.54, 1.807) is 13.1 Å². The Bertz CT molecular complexity index is 932. The van der Waals surface area contributed by atoms with Gasteiger partial charge >= 0.3 is 0 Å². The van der Waals surface area contributed by atoms with Gasteiger partial charge in [-0.1, -0.05) is 0 Å². The maximum atomic E-state index is 13.1. The summed E-state index contributed by atoms with van der Waals surface area (Å²) in [5.74, 6) is 1.68. The summed E-state index contributed by atoms with van der Waals surface area (Å²) in [6, 6.07) is 2.00. The predicted octanol–water partition coefficient (Wildman–Crippen LogP) is 0.556. The Balaban J connectivity index is 1.70. The number of ketones is 1. The maximum Gasteiger partial charge on any atom is 0.174 e. The summed E-state index contributed by atoms with van der Waals surface area (Å²) in [5.41, 5.74) is 2.31. The van der Waals surface area contributed by atoms with E-state index in [0.29, 0.717) is 26.3 Å². The van der Waals surface area contributed by atoms with Crippen LogP contribution >= 0.6 is 0 Å². The lowest BCUT2D eigenvalue weighted by Gasteiger charge is -2.48. The molecule has 3 N–H and O–H groups in total. The van der Waals surface area contributed by atoms with Crippen LogP contribution in [0, 0.1) is 0 Å². The molecule has 5 heterocycles. The summed E-state index contributed by atoms with van der Waals surface area (Å²) < 4.78 is 7.47. The van der Waals surface area contributed by atoms with E-state index in [-0.39, 0.29) is 11.8 Å². The number of hydrogen-bond donors (Lipinski definition) is 3. The van der Waals surface area contributed by atoms with Crippen molar-refractivity contribution in [3.05, 3.63) is 29.6 Å². The second kappa shape index (κ2) is 6.54. The summed E-state index contributed by atoms with van der Waals surface area (Å²) in [5, 5.41) is 19.0. The van der Waals surface area contributed by atoms with E-state index < -0.39 is 5.66 Å². The third kappa shape index (κ3) is 2.54. The number of Topliss-reactive ketones (excluding diaryl/α,β-unsaturated/α-hetero) is 1. The van der Waals surface area contributed by atoms with Gasteiger partial charge in [-0.05, 0) is 25.5 Å². The standard InChI is InChI=1S/C19H25N7O2/c1-12-11-28-8-7-25(12)19(13(2)27)9-14-10-20-5-3-15-17(14)18(22-19)26(24-15)16-4-6-21-23-16/h4,6,9,12,20,22H,3,5,7-8,10-11H2,1-2H3,(H,21,23)/t12?,19-/m0/s1. The molecule has 2 aromatic rings. The first-order valence-electron chi connectivity index (χ1n) is 9.78. The number of ether oxygens (including phenoxy) is 1. The van der Waals surface area contributed by atoms with Crippen molar-refractivity contribution in [1.82, 2.24) is 30.2 Å². The largest absolute Gasteiger partial charge is 0.379 e. The summed E-state index contributed by atoms with van der Waals surface area (Å²) >= 11 is 0. The van der Waals surface area contributed by atoms with Gasteiger partial charge in [0.1, 0.15) is 5.82 Å². The third-order valence-electron chi connectivity index (χ3n) is 5.90. The highest BCUT2D eigenvalue weighted by molar-refractivity contribution is 5.97. The van der Waals surface area contributed by atoms with Crippen molar-refractivity contribution in [2.24, 2.45) is 0 Å². The first kappa shape index (κ1) is 17.6. The number of hydrogen-bond acceptors (Lipinski definition) is 7. The number of nitrogens with one attached hydrogen (secondary N) is 3. The molecule has 3 aliphatic heterocycles. The smallest absolute Gasteiger partial charge is 0.174 e. The molecule has 0 bridgehead atoms. The van der Waals surface area contributed by atoms with Crippen molar-refractivity contribution < 1.29 is 9.53 Å². The summed E-state index contributed by atoms with van der Waals surface area (Å²) in [4.78, 5) is 15.3. The maximum absolute atomic E-state index is 13.1. The highest BCUT2D eigenvalue weighted by Crippen LogP contribution is 2.40. The zero-order valence-electron chi connectivity index (χ0n) is 16.2.